The highest BCUT2D eigenvalue weighted by Crippen LogP contribution is 2.46. The summed E-state index contributed by atoms with van der Waals surface area (Å²) in [7, 11) is 1.78. The molecule has 3 aromatic rings. The second-order valence-corrected chi connectivity index (χ2v) is 9.14. The average molecular weight is 531 g/mol. The molecule has 0 saturated heterocycles. The molecule has 1 N–H and O–H groups in total. The summed E-state index contributed by atoms with van der Waals surface area (Å²) in [5.41, 5.74) is 0.936. The normalized spacial score (nSPS) is 16.9. The minimum absolute atomic E-state index is 0.0456. The standard InChI is InChI=1S/C18H16ClF3N6O2S.C4H10/c1-9-13(8-27(2)24-9)31-26-17(29)10-3-4-14(23-16(10)19)28-6-5-15(25-28)30-12-7-11(12)18(20,21)22;1-3-4-2/h3-6,8,11-12H,7H2,1-2H3,(H,26,29);3-4H2,1-2H3. The van der Waals surface area contributed by atoms with Gasteiger partial charge in [0.05, 0.1) is 22.1 Å². The molecule has 0 spiro atoms. The van der Waals surface area contributed by atoms with Gasteiger partial charge in [-0.05, 0) is 37.4 Å². The Kier molecular flexibility index (Phi) is 8.70. The van der Waals surface area contributed by atoms with Crippen LogP contribution in [0.15, 0.2) is 35.5 Å². The van der Waals surface area contributed by atoms with Gasteiger partial charge in [0.2, 0.25) is 5.88 Å². The number of aromatic nitrogens is 5. The van der Waals surface area contributed by atoms with Crippen LogP contribution in [0.1, 0.15) is 49.2 Å². The number of hydrogen-bond donors (Lipinski definition) is 1. The highest BCUT2D eigenvalue weighted by atomic mass is 35.5. The maximum absolute atomic E-state index is 12.6. The van der Waals surface area contributed by atoms with Crippen molar-refractivity contribution in [3.63, 3.8) is 0 Å². The molecule has 1 fully saturated rings. The molecule has 1 amide bonds. The molecule has 2 atom stereocenters. The maximum atomic E-state index is 12.6. The summed E-state index contributed by atoms with van der Waals surface area (Å²) in [6.07, 6.45) is 0.624. The van der Waals surface area contributed by atoms with Crippen molar-refractivity contribution in [1.82, 2.24) is 29.3 Å². The van der Waals surface area contributed by atoms with Crippen molar-refractivity contribution in [2.24, 2.45) is 13.0 Å². The molecule has 0 aliphatic heterocycles. The molecule has 0 aromatic carbocycles. The zero-order valence-corrected chi connectivity index (χ0v) is 21.2. The fraction of sp³-hybridized carbons (Fsp3) is 0.455. The van der Waals surface area contributed by atoms with Crippen LogP contribution in [-0.4, -0.2) is 42.7 Å². The van der Waals surface area contributed by atoms with Gasteiger partial charge in [-0.15, -0.1) is 5.10 Å². The number of aryl methyl sites for hydroxylation is 2. The molecule has 35 heavy (non-hydrogen) atoms. The van der Waals surface area contributed by atoms with Gasteiger partial charge in [-0.2, -0.15) is 18.3 Å². The Bertz CT molecular complexity index is 1160. The fourth-order valence-electron chi connectivity index (χ4n) is 2.86. The van der Waals surface area contributed by atoms with Gasteiger partial charge in [0.15, 0.2) is 5.82 Å². The number of hydrogen-bond acceptors (Lipinski definition) is 6. The third-order valence-corrected chi connectivity index (χ3v) is 6.22. The molecule has 4 rings (SSSR count). The largest absolute Gasteiger partial charge is 0.473 e. The molecular weight excluding hydrogens is 505 g/mol. The molecule has 3 aromatic heterocycles. The van der Waals surface area contributed by atoms with E-state index in [1.165, 1.54) is 41.9 Å². The number of carbonyl (C=O) groups excluding carboxylic acids is 1. The summed E-state index contributed by atoms with van der Waals surface area (Å²) in [4.78, 5) is 17.4. The third kappa shape index (κ3) is 7.14. The van der Waals surface area contributed by atoms with Crippen LogP contribution in [0.3, 0.4) is 0 Å². The summed E-state index contributed by atoms with van der Waals surface area (Å²) < 4.78 is 48.7. The molecule has 190 valence electrons. The summed E-state index contributed by atoms with van der Waals surface area (Å²) >= 11 is 7.28. The predicted octanol–water partition coefficient (Wildman–Crippen LogP) is 5.54. The van der Waals surface area contributed by atoms with E-state index < -0.39 is 24.1 Å². The van der Waals surface area contributed by atoms with Crippen molar-refractivity contribution < 1.29 is 22.7 Å². The SMILES string of the molecule is CCCC.Cc1nn(C)cc1SNC(=O)c1ccc(-n2ccc(OC3CC3C(F)(F)F)n2)nc1Cl. The molecule has 3 heterocycles. The van der Waals surface area contributed by atoms with Gasteiger partial charge in [-0.25, -0.2) is 9.67 Å². The molecule has 8 nitrogen and oxygen atoms in total. The van der Waals surface area contributed by atoms with Crippen molar-refractivity contribution in [3.8, 4) is 11.7 Å². The number of rotatable bonds is 7. The quantitative estimate of drug-likeness (QED) is 0.319. The molecule has 1 aliphatic carbocycles. The maximum Gasteiger partial charge on any atom is 0.395 e. The average Bonchev–Trinajstić information content (AvgIpc) is 3.30. The van der Waals surface area contributed by atoms with E-state index in [1.807, 2.05) is 6.92 Å². The van der Waals surface area contributed by atoms with Crippen LogP contribution >= 0.6 is 23.5 Å². The lowest BCUT2D eigenvalue weighted by Crippen LogP contribution is -2.17. The second kappa shape index (κ2) is 11.3. The lowest BCUT2D eigenvalue weighted by Gasteiger charge is -2.07. The second-order valence-electron chi connectivity index (χ2n) is 7.93. The number of unbranched alkanes of at least 4 members (excludes halogenated alkanes) is 1. The Morgan fingerprint density at radius 1 is 1.26 bits per heavy atom. The van der Waals surface area contributed by atoms with E-state index >= 15 is 0 Å². The highest BCUT2D eigenvalue weighted by Gasteiger charge is 2.57. The summed E-state index contributed by atoms with van der Waals surface area (Å²) in [6.45, 7) is 6.19. The molecule has 13 heteroatoms. The first-order valence-corrected chi connectivity index (χ1v) is 12.2. The van der Waals surface area contributed by atoms with Gasteiger partial charge in [-0.1, -0.05) is 38.3 Å². The van der Waals surface area contributed by atoms with Gasteiger partial charge in [0.25, 0.3) is 5.91 Å². The molecule has 0 bridgehead atoms. The van der Waals surface area contributed by atoms with Gasteiger partial charge in [0.1, 0.15) is 11.3 Å². The number of halogens is 4. The topological polar surface area (TPSA) is 86.9 Å². The smallest absolute Gasteiger partial charge is 0.395 e. The fourth-order valence-corrected chi connectivity index (χ4v) is 3.80. The number of ether oxygens (including phenoxy) is 1. The van der Waals surface area contributed by atoms with Crippen molar-refractivity contribution >= 4 is 29.5 Å². The van der Waals surface area contributed by atoms with Crippen LogP contribution in [0, 0.1) is 12.8 Å². The van der Waals surface area contributed by atoms with E-state index in [9.17, 15) is 18.0 Å². The van der Waals surface area contributed by atoms with E-state index in [1.54, 1.807) is 17.9 Å². The molecule has 2 unspecified atom stereocenters. The van der Waals surface area contributed by atoms with Crippen molar-refractivity contribution in [2.45, 2.75) is 57.2 Å². The van der Waals surface area contributed by atoms with Crippen LogP contribution < -0.4 is 9.46 Å². The number of carbonyl (C=O) groups is 1. The molecular formula is C22H26ClF3N6O2S. The van der Waals surface area contributed by atoms with Gasteiger partial charge in [-0.3, -0.25) is 14.2 Å². The van der Waals surface area contributed by atoms with Gasteiger partial charge in [0, 0.05) is 25.5 Å². The third-order valence-electron chi connectivity index (χ3n) is 5.02. The Morgan fingerprint density at radius 3 is 2.51 bits per heavy atom. The minimum atomic E-state index is -4.27. The first-order valence-electron chi connectivity index (χ1n) is 11.0. The number of amides is 1. The molecule has 1 saturated carbocycles. The summed E-state index contributed by atoms with van der Waals surface area (Å²) in [6, 6.07) is 4.45. The van der Waals surface area contributed by atoms with E-state index in [0.29, 0.717) is 0 Å². The van der Waals surface area contributed by atoms with Crippen LogP contribution in [0.2, 0.25) is 5.15 Å². The number of nitrogens with zero attached hydrogens (tertiary/aromatic N) is 5. The summed E-state index contributed by atoms with van der Waals surface area (Å²) in [5.74, 6) is -1.56. The number of nitrogens with one attached hydrogen (secondary N) is 1. The summed E-state index contributed by atoms with van der Waals surface area (Å²) in [5, 5.41) is 8.22. The van der Waals surface area contributed by atoms with E-state index in [4.69, 9.17) is 16.3 Å². The first-order chi connectivity index (χ1) is 16.5. The van der Waals surface area contributed by atoms with Crippen LogP contribution in [0.25, 0.3) is 5.82 Å². The lowest BCUT2D eigenvalue weighted by atomic mass is 10.3. The van der Waals surface area contributed by atoms with Gasteiger partial charge < -0.3 is 4.74 Å². The van der Waals surface area contributed by atoms with Crippen molar-refractivity contribution in [2.75, 3.05) is 0 Å². The lowest BCUT2D eigenvalue weighted by molar-refractivity contribution is -0.153. The predicted molar refractivity (Wildman–Crippen MR) is 127 cm³/mol. The minimum Gasteiger partial charge on any atom is -0.473 e. The molecule has 0 radical (unpaired) electrons. The zero-order valence-electron chi connectivity index (χ0n) is 19.6. The van der Waals surface area contributed by atoms with Gasteiger partial charge >= 0.3 is 6.18 Å². The number of pyridine rings is 1. The van der Waals surface area contributed by atoms with E-state index in [-0.39, 0.29) is 28.8 Å². The Balaban J connectivity index is 0.000000795. The number of alkyl halides is 3. The van der Waals surface area contributed by atoms with Crippen LogP contribution in [0.4, 0.5) is 13.2 Å². The van der Waals surface area contributed by atoms with Crippen molar-refractivity contribution in [1.29, 1.82) is 0 Å². The zero-order chi connectivity index (χ0) is 25.8. The van der Waals surface area contributed by atoms with E-state index in [0.717, 1.165) is 22.5 Å². The van der Waals surface area contributed by atoms with Crippen molar-refractivity contribution in [3.05, 3.63) is 47.0 Å². The Labute approximate surface area is 210 Å². The van der Waals surface area contributed by atoms with Crippen LogP contribution in [0.5, 0.6) is 5.88 Å². The Morgan fingerprint density at radius 2 is 1.97 bits per heavy atom. The van der Waals surface area contributed by atoms with E-state index in [2.05, 4.69) is 33.8 Å². The highest BCUT2D eigenvalue weighted by molar-refractivity contribution is 7.98. The monoisotopic (exact) mass is 530 g/mol. The first kappa shape index (κ1) is 26.9. The van der Waals surface area contributed by atoms with Crippen LogP contribution in [-0.2, 0) is 7.05 Å². The Hall–Kier alpha value is -2.73. The molecule has 1 aliphatic rings.